The van der Waals surface area contributed by atoms with E-state index in [2.05, 4.69) is 9.72 Å². The van der Waals surface area contributed by atoms with E-state index in [0.717, 1.165) is 6.26 Å². The normalized spacial score (nSPS) is 10.8. The number of nitrogen functional groups attached to an aromatic ring is 1. The van der Waals surface area contributed by atoms with Gasteiger partial charge in [0.05, 0.1) is 23.4 Å². The van der Waals surface area contributed by atoms with Gasteiger partial charge < -0.3 is 10.5 Å². The summed E-state index contributed by atoms with van der Waals surface area (Å²) < 4.78 is 27.6. The number of aromatic nitrogens is 1. The quantitative estimate of drug-likeness (QED) is 0.843. The van der Waals surface area contributed by atoms with Crippen LogP contribution >= 0.6 is 0 Å². The molecule has 0 fully saturated rings. The topological polar surface area (TPSA) is 123 Å². The molecule has 0 spiro atoms. The third kappa shape index (κ3) is 3.30. The fourth-order valence-electron chi connectivity index (χ4n) is 1.96. The van der Waals surface area contributed by atoms with Crippen molar-refractivity contribution in [3.05, 3.63) is 41.6 Å². The molecule has 8 heteroatoms. The molecule has 0 amide bonds. The highest BCUT2D eigenvalue weighted by Crippen LogP contribution is 2.27. The van der Waals surface area contributed by atoms with Crippen LogP contribution in [0.2, 0.25) is 0 Å². The molecule has 0 bridgehead atoms. The molecule has 0 aliphatic rings. The number of ether oxygens (including phenoxy) is 1. The first kappa shape index (κ1) is 16.5. The summed E-state index contributed by atoms with van der Waals surface area (Å²) in [5.41, 5.74) is 6.60. The van der Waals surface area contributed by atoms with E-state index in [-0.39, 0.29) is 27.5 Å². The van der Waals surface area contributed by atoms with Crippen LogP contribution in [0.5, 0.6) is 0 Å². The minimum atomic E-state index is -3.34. The zero-order chi connectivity index (χ0) is 17.2. The van der Waals surface area contributed by atoms with Crippen LogP contribution < -0.4 is 5.73 Å². The Hall–Kier alpha value is -2.92. The van der Waals surface area contributed by atoms with Gasteiger partial charge >= 0.3 is 5.97 Å². The molecule has 0 saturated heterocycles. The van der Waals surface area contributed by atoms with Crippen molar-refractivity contribution < 1.29 is 17.9 Å². The van der Waals surface area contributed by atoms with Gasteiger partial charge in [-0.25, -0.2) is 18.2 Å². The number of carbonyl (C=O) groups excluding carboxylic acids is 1. The van der Waals surface area contributed by atoms with Gasteiger partial charge in [0.2, 0.25) is 0 Å². The highest BCUT2D eigenvalue weighted by atomic mass is 32.2. The molecule has 1 aromatic carbocycles. The van der Waals surface area contributed by atoms with E-state index < -0.39 is 15.8 Å². The summed E-state index contributed by atoms with van der Waals surface area (Å²) in [4.78, 5) is 15.9. The van der Waals surface area contributed by atoms with Crippen LogP contribution in [0, 0.1) is 11.3 Å². The zero-order valence-corrected chi connectivity index (χ0v) is 13.2. The van der Waals surface area contributed by atoms with Gasteiger partial charge in [-0.3, -0.25) is 0 Å². The van der Waals surface area contributed by atoms with Crippen molar-refractivity contribution in [1.29, 1.82) is 5.26 Å². The smallest absolute Gasteiger partial charge is 0.356 e. The number of rotatable bonds is 3. The van der Waals surface area contributed by atoms with Crippen LogP contribution in [0.4, 0.5) is 5.69 Å². The second-order valence-electron chi connectivity index (χ2n) is 4.72. The largest absolute Gasteiger partial charge is 0.464 e. The molecule has 0 saturated carbocycles. The SMILES string of the molecule is COC(=O)c1cc(N)c(C#N)c(-c2ccc(S(C)(=O)=O)cc2)n1. The van der Waals surface area contributed by atoms with Gasteiger partial charge in [0.25, 0.3) is 0 Å². The second kappa shape index (κ2) is 6.06. The van der Waals surface area contributed by atoms with Crippen molar-refractivity contribution in [3.63, 3.8) is 0 Å². The van der Waals surface area contributed by atoms with E-state index in [4.69, 9.17) is 5.73 Å². The van der Waals surface area contributed by atoms with E-state index in [0.29, 0.717) is 5.56 Å². The molecule has 2 aromatic rings. The molecule has 23 heavy (non-hydrogen) atoms. The van der Waals surface area contributed by atoms with Crippen LogP contribution in [0.15, 0.2) is 35.2 Å². The number of methoxy groups -OCH3 is 1. The Balaban J connectivity index is 2.64. The van der Waals surface area contributed by atoms with E-state index in [1.165, 1.54) is 37.4 Å². The minimum absolute atomic E-state index is 0.0359. The number of nitrogens with two attached hydrogens (primary N) is 1. The fourth-order valence-corrected chi connectivity index (χ4v) is 2.59. The molecule has 2 N–H and O–H groups in total. The molecule has 0 atom stereocenters. The van der Waals surface area contributed by atoms with Gasteiger partial charge in [-0.2, -0.15) is 5.26 Å². The number of benzene rings is 1. The summed E-state index contributed by atoms with van der Waals surface area (Å²) in [5.74, 6) is -0.685. The van der Waals surface area contributed by atoms with Gasteiger partial charge in [-0.1, -0.05) is 12.1 Å². The van der Waals surface area contributed by atoms with Gasteiger partial charge in [0, 0.05) is 11.8 Å². The number of sulfone groups is 1. The number of hydrogen-bond acceptors (Lipinski definition) is 7. The first-order chi connectivity index (χ1) is 10.8. The van der Waals surface area contributed by atoms with Gasteiger partial charge in [0.15, 0.2) is 15.5 Å². The Morgan fingerprint density at radius 2 is 1.91 bits per heavy atom. The van der Waals surface area contributed by atoms with Gasteiger partial charge in [-0.15, -0.1) is 0 Å². The number of nitriles is 1. The van der Waals surface area contributed by atoms with Gasteiger partial charge in [0.1, 0.15) is 11.6 Å². The Morgan fingerprint density at radius 1 is 1.30 bits per heavy atom. The number of nitrogens with zero attached hydrogens (tertiary/aromatic N) is 2. The van der Waals surface area contributed by atoms with Crippen molar-refractivity contribution >= 4 is 21.5 Å². The fraction of sp³-hybridized carbons (Fsp3) is 0.133. The third-order valence-electron chi connectivity index (χ3n) is 3.11. The molecule has 0 unspecified atom stereocenters. The van der Waals surface area contributed by atoms with Crippen LogP contribution in [0.1, 0.15) is 16.1 Å². The molecular formula is C15H13N3O4S. The molecule has 0 radical (unpaired) electrons. The van der Waals surface area contributed by atoms with E-state index in [9.17, 15) is 18.5 Å². The third-order valence-corrected chi connectivity index (χ3v) is 4.24. The Morgan fingerprint density at radius 3 is 2.39 bits per heavy atom. The zero-order valence-electron chi connectivity index (χ0n) is 12.4. The summed E-state index contributed by atoms with van der Waals surface area (Å²) in [5, 5.41) is 9.25. The Kier molecular flexibility index (Phi) is 4.33. The molecule has 1 aromatic heterocycles. The Bertz CT molecular complexity index is 913. The lowest BCUT2D eigenvalue weighted by Gasteiger charge is -2.09. The predicted molar refractivity (Wildman–Crippen MR) is 83.2 cm³/mol. The monoisotopic (exact) mass is 331 g/mol. The van der Waals surface area contributed by atoms with Crippen LogP contribution in [0.25, 0.3) is 11.3 Å². The number of carbonyl (C=O) groups is 1. The van der Waals surface area contributed by atoms with E-state index >= 15 is 0 Å². The van der Waals surface area contributed by atoms with Crippen LogP contribution in [0.3, 0.4) is 0 Å². The maximum absolute atomic E-state index is 11.6. The average Bonchev–Trinajstić information content (AvgIpc) is 2.52. The Labute approximate surface area is 133 Å². The lowest BCUT2D eigenvalue weighted by molar-refractivity contribution is 0.0594. The molecule has 7 nitrogen and oxygen atoms in total. The molecule has 1 heterocycles. The molecule has 0 aliphatic carbocycles. The lowest BCUT2D eigenvalue weighted by atomic mass is 10.0. The van der Waals surface area contributed by atoms with Crippen molar-refractivity contribution in [2.75, 3.05) is 19.1 Å². The minimum Gasteiger partial charge on any atom is -0.464 e. The van der Waals surface area contributed by atoms with Crippen molar-refractivity contribution in [2.24, 2.45) is 0 Å². The number of hydrogen-bond donors (Lipinski definition) is 1. The van der Waals surface area contributed by atoms with Gasteiger partial charge in [-0.05, 0) is 18.2 Å². The number of pyridine rings is 1. The van der Waals surface area contributed by atoms with E-state index in [1.807, 2.05) is 6.07 Å². The second-order valence-corrected chi connectivity index (χ2v) is 6.74. The highest BCUT2D eigenvalue weighted by molar-refractivity contribution is 7.90. The predicted octanol–water partition coefficient (Wildman–Crippen LogP) is 1.39. The average molecular weight is 331 g/mol. The maximum atomic E-state index is 11.6. The highest BCUT2D eigenvalue weighted by Gasteiger charge is 2.17. The number of esters is 1. The molecule has 2 rings (SSSR count). The summed E-state index contributed by atoms with van der Waals surface area (Å²) >= 11 is 0. The molecule has 118 valence electrons. The van der Waals surface area contributed by atoms with Crippen LogP contribution in [-0.2, 0) is 14.6 Å². The summed E-state index contributed by atoms with van der Waals surface area (Å²) in [6, 6.07) is 8.99. The summed E-state index contributed by atoms with van der Waals surface area (Å²) in [7, 11) is -2.13. The van der Waals surface area contributed by atoms with Crippen molar-refractivity contribution in [1.82, 2.24) is 4.98 Å². The standard InChI is InChI=1S/C15H13N3O4S/c1-22-15(19)13-7-12(17)11(8-16)14(18-13)9-3-5-10(6-4-9)23(2,20)21/h3-7H,1-2H3,(H2,17,18). The first-order valence-corrected chi connectivity index (χ1v) is 8.26. The molecule has 0 aliphatic heterocycles. The summed E-state index contributed by atoms with van der Waals surface area (Å²) in [6.07, 6.45) is 1.09. The van der Waals surface area contributed by atoms with Crippen LogP contribution in [-0.4, -0.2) is 32.7 Å². The first-order valence-electron chi connectivity index (χ1n) is 6.37. The van der Waals surface area contributed by atoms with E-state index in [1.54, 1.807) is 0 Å². The van der Waals surface area contributed by atoms with Crippen molar-refractivity contribution in [2.45, 2.75) is 4.90 Å². The number of anilines is 1. The summed E-state index contributed by atoms with van der Waals surface area (Å²) in [6.45, 7) is 0. The molecular weight excluding hydrogens is 318 g/mol. The maximum Gasteiger partial charge on any atom is 0.356 e. The lowest BCUT2D eigenvalue weighted by Crippen LogP contribution is -2.08. The van der Waals surface area contributed by atoms with Crippen molar-refractivity contribution in [3.8, 4) is 17.3 Å².